The van der Waals surface area contributed by atoms with E-state index in [0.29, 0.717) is 13.1 Å². The molecule has 0 aromatic heterocycles. The van der Waals surface area contributed by atoms with E-state index < -0.39 is 0 Å². The Morgan fingerprint density at radius 3 is 2.53 bits per heavy atom. The smallest absolute Gasteiger partial charge is 0.227 e. The molecule has 3 nitrogen and oxygen atoms in total. The van der Waals surface area contributed by atoms with Crippen LogP contribution in [0.15, 0.2) is 0 Å². The Labute approximate surface area is 93.0 Å². The number of rotatable bonds is 7. The molecule has 0 aromatic carbocycles. The molecule has 0 spiro atoms. The summed E-state index contributed by atoms with van der Waals surface area (Å²) in [7, 11) is 0. The zero-order chi connectivity index (χ0) is 11.7. The predicted molar refractivity (Wildman–Crippen MR) is 63.2 cm³/mol. The third kappa shape index (κ3) is 4.85. The summed E-state index contributed by atoms with van der Waals surface area (Å²) in [6.45, 7) is 5.63. The Morgan fingerprint density at radius 2 is 2.13 bits per heavy atom. The SMILES string of the molecule is C#CCN(CCC)C(=O)C(CN)CCC. The highest BCUT2D eigenvalue weighted by molar-refractivity contribution is 5.79. The first-order valence-corrected chi connectivity index (χ1v) is 5.63. The number of carbonyl (C=O) groups is 1. The van der Waals surface area contributed by atoms with Crippen LogP contribution in [0.25, 0.3) is 0 Å². The molecule has 0 aliphatic carbocycles. The average Bonchev–Trinajstić information content (AvgIpc) is 2.24. The van der Waals surface area contributed by atoms with Crippen molar-refractivity contribution in [3.8, 4) is 12.3 Å². The molecule has 1 unspecified atom stereocenters. The summed E-state index contributed by atoms with van der Waals surface area (Å²) in [5.41, 5.74) is 5.59. The number of nitrogens with zero attached hydrogens (tertiary/aromatic N) is 1. The van der Waals surface area contributed by atoms with Crippen molar-refractivity contribution in [2.75, 3.05) is 19.6 Å². The van der Waals surface area contributed by atoms with Crippen LogP contribution in [0.2, 0.25) is 0 Å². The lowest BCUT2D eigenvalue weighted by atomic mass is 10.0. The molecule has 0 bridgehead atoms. The van der Waals surface area contributed by atoms with Gasteiger partial charge in [0.05, 0.1) is 12.5 Å². The van der Waals surface area contributed by atoms with Crippen molar-refractivity contribution in [3.63, 3.8) is 0 Å². The summed E-state index contributed by atoms with van der Waals surface area (Å²) in [6.07, 6.45) is 7.99. The van der Waals surface area contributed by atoms with Crippen LogP contribution < -0.4 is 5.73 Å². The second kappa shape index (κ2) is 8.31. The lowest BCUT2D eigenvalue weighted by molar-refractivity contribution is -0.134. The van der Waals surface area contributed by atoms with Gasteiger partial charge < -0.3 is 10.6 Å². The van der Waals surface area contributed by atoms with E-state index in [4.69, 9.17) is 12.2 Å². The van der Waals surface area contributed by atoms with Crippen LogP contribution in [0.3, 0.4) is 0 Å². The van der Waals surface area contributed by atoms with Gasteiger partial charge in [-0.25, -0.2) is 0 Å². The van der Waals surface area contributed by atoms with Crippen LogP contribution in [0.4, 0.5) is 0 Å². The average molecular weight is 210 g/mol. The van der Waals surface area contributed by atoms with Crippen LogP contribution in [0, 0.1) is 18.3 Å². The minimum atomic E-state index is -0.0603. The van der Waals surface area contributed by atoms with E-state index in [2.05, 4.69) is 12.8 Å². The maximum atomic E-state index is 12.0. The van der Waals surface area contributed by atoms with Gasteiger partial charge in [0.2, 0.25) is 5.91 Å². The standard InChI is InChI=1S/C12H22N2O/c1-4-7-11(10-13)12(15)14(8-5-2)9-6-3/h2,11H,4,6-10,13H2,1,3H3. The normalized spacial score (nSPS) is 11.9. The first-order chi connectivity index (χ1) is 7.21. The number of amides is 1. The molecule has 0 fully saturated rings. The quantitative estimate of drug-likeness (QED) is 0.642. The third-order valence-corrected chi connectivity index (χ3v) is 2.36. The predicted octanol–water partition coefficient (Wildman–Crippen LogP) is 1.23. The van der Waals surface area contributed by atoms with E-state index in [1.165, 1.54) is 0 Å². The second-order valence-electron chi connectivity index (χ2n) is 3.69. The zero-order valence-electron chi connectivity index (χ0n) is 9.83. The highest BCUT2D eigenvalue weighted by Gasteiger charge is 2.20. The molecule has 86 valence electrons. The van der Waals surface area contributed by atoms with E-state index in [1.807, 2.05) is 6.92 Å². The van der Waals surface area contributed by atoms with Crippen molar-refractivity contribution in [1.82, 2.24) is 4.90 Å². The molecule has 0 aliphatic heterocycles. The van der Waals surface area contributed by atoms with Crippen molar-refractivity contribution in [1.29, 1.82) is 0 Å². The van der Waals surface area contributed by atoms with Crippen molar-refractivity contribution in [2.24, 2.45) is 11.7 Å². The monoisotopic (exact) mass is 210 g/mol. The molecule has 0 saturated heterocycles. The number of terminal acetylenes is 1. The molecule has 0 radical (unpaired) electrons. The summed E-state index contributed by atoms with van der Waals surface area (Å²) in [5, 5.41) is 0. The van der Waals surface area contributed by atoms with Gasteiger partial charge in [0.25, 0.3) is 0 Å². The number of nitrogens with two attached hydrogens (primary N) is 1. The zero-order valence-corrected chi connectivity index (χ0v) is 9.83. The summed E-state index contributed by atoms with van der Waals surface area (Å²) >= 11 is 0. The molecular formula is C12H22N2O. The second-order valence-corrected chi connectivity index (χ2v) is 3.69. The largest absolute Gasteiger partial charge is 0.331 e. The van der Waals surface area contributed by atoms with Gasteiger partial charge in [-0.15, -0.1) is 6.42 Å². The van der Waals surface area contributed by atoms with Gasteiger partial charge in [0, 0.05) is 13.1 Å². The molecule has 1 atom stereocenters. The first kappa shape index (κ1) is 14.0. The number of hydrogen-bond acceptors (Lipinski definition) is 2. The Hall–Kier alpha value is -1.01. The fourth-order valence-corrected chi connectivity index (χ4v) is 1.60. The highest BCUT2D eigenvalue weighted by Crippen LogP contribution is 2.09. The van der Waals surface area contributed by atoms with E-state index >= 15 is 0 Å². The summed E-state index contributed by atoms with van der Waals surface area (Å²) in [6, 6.07) is 0. The van der Waals surface area contributed by atoms with Crippen molar-refractivity contribution in [2.45, 2.75) is 33.1 Å². The Balaban J connectivity index is 4.38. The first-order valence-electron chi connectivity index (χ1n) is 5.63. The van der Waals surface area contributed by atoms with Crippen LogP contribution in [-0.4, -0.2) is 30.4 Å². The Morgan fingerprint density at radius 1 is 1.47 bits per heavy atom. The minimum absolute atomic E-state index is 0.0603. The maximum Gasteiger partial charge on any atom is 0.227 e. The summed E-state index contributed by atoms with van der Waals surface area (Å²) in [5.74, 6) is 2.57. The van der Waals surface area contributed by atoms with E-state index in [1.54, 1.807) is 4.90 Å². The third-order valence-electron chi connectivity index (χ3n) is 2.36. The molecule has 0 aliphatic rings. The van der Waals surface area contributed by atoms with Crippen molar-refractivity contribution in [3.05, 3.63) is 0 Å². The van der Waals surface area contributed by atoms with E-state index in [-0.39, 0.29) is 11.8 Å². The molecule has 0 heterocycles. The molecule has 0 saturated carbocycles. The van der Waals surface area contributed by atoms with Gasteiger partial charge in [0.1, 0.15) is 0 Å². The van der Waals surface area contributed by atoms with E-state index in [0.717, 1.165) is 25.8 Å². The van der Waals surface area contributed by atoms with Gasteiger partial charge in [-0.05, 0) is 12.8 Å². The molecule has 2 N–H and O–H groups in total. The number of hydrogen-bond donors (Lipinski definition) is 1. The molecular weight excluding hydrogens is 188 g/mol. The summed E-state index contributed by atoms with van der Waals surface area (Å²) < 4.78 is 0. The fourth-order valence-electron chi connectivity index (χ4n) is 1.60. The van der Waals surface area contributed by atoms with Gasteiger partial charge in [0.15, 0.2) is 0 Å². The van der Waals surface area contributed by atoms with E-state index in [9.17, 15) is 4.79 Å². The van der Waals surface area contributed by atoms with Crippen molar-refractivity contribution >= 4 is 5.91 Å². The Kier molecular flexibility index (Phi) is 7.75. The molecule has 0 aromatic rings. The van der Waals surface area contributed by atoms with Crippen LogP contribution in [0.5, 0.6) is 0 Å². The lowest BCUT2D eigenvalue weighted by Gasteiger charge is -2.24. The van der Waals surface area contributed by atoms with Crippen LogP contribution >= 0.6 is 0 Å². The molecule has 15 heavy (non-hydrogen) atoms. The van der Waals surface area contributed by atoms with Crippen molar-refractivity contribution < 1.29 is 4.79 Å². The topological polar surface area (TPSA) is 46.3 Å². The molecule has 0 rings (SSSR count). The summed E-state index contributed by atoms with van der Waals surface area (Å²) in [4.78, 5) is 13.7. The fraction of sp³-hybridized carbons (Fsp3) is 0.750. The van der Waals surface area contributed by atoms with Crippen LogP contribution in [0.1, 0.15) is 33.1 Å². The Bertz CT molecular complexity index is 220. The highest BCUT2D eigenvalue weighted by atomic mass is 16.2. The van der Waals surface area contributed by atoms with Gasteiger partial charge in [-0.3, -0.25) is 4.79 Å². The van der Waals surface area contributed by atoms with Gasteiger partial charge >= 0.3 is 0 Å². The molecule has 1 amide bonds. The number of carbonyl (C=O) groups excluding carboxylic acids is 1. The van der Waals surface area contributed by atoms with Gasteiger partial charge in [-0.1, -0.05) is 26.2 Å². The lowest BCUT2D eigenvalue weighted by Crippen LogP contribution is -2.39. The van der Waals surface area contributed by atoms with Gasteiger partial charge in [-0.2, -0.15) is 0 Å². The molecule has 3 heteroatoms. The minimum Gasteiger partial charge on any atom is -0.331 e. The maximum absolute atomic E-state index is 12.0. The van der Waals surface area contributed by atoms with Crippen LogP contribution in [-0.2, 0) is 4.79 Å².